The summed E-state index contributed by atoms with van der Waals surface area (Å²) < 4.78 is 0. The molecule has 1 aromatic rings. The fourth-order valence-corrected chi connectivity index (χ4v) is 3.43. The van der Waals surface area contributed by atoms with Crippen LogP contribution in [0.1, 0.15) is 37.9 Å². The number of nitrogens with two attached hydrogens (primary N) is 1. The van der Waals surface area contributed by atoms with E-state index in [9.17, 15) is 0 Å². The van der Waals surface area contributed by atoms with Crippen LogP contribution < -0.4 is 5.73 Å². The van der Waals surface area contributed by atoms with Gasteiger partial charge >= 0.3 is 0 Å². The Balaban J connectivity index is 2.01. The first-order chi connectivity index (χ1) is 8.10. The maximum absolute atomic E-state index is 5.60. The van der Waals surface area contributed by atoms with Crippen molar-refractivity contribution >= 4 is 11.3 Å². The fraction of sp³-hybridized carbons (Fsp3) is 0.769. The highest BCUT2D eigenvalue weighted by molar-refractivity contribution is 7.09. The highest BCUT2D eigenvalue weighted by atomic mass is 32.1. The molecule has 1 saturated heterocycles. The average Bonchev–Trinajstić information content (AvgIpc) is 2.73. The van der Waals surface area contributed by atoms with E-state index in [4.69, 9.17) is 5.73 Å². The predicted molar refractivity (Wildman–Crippen MR) is 72.8 cm³/mol. The Morgan fingerprint density at radius 3 is 2.88 bits per heavy atom. The summed E-state index contributed by atoms with van der Waals surface area (Å²) in [5, 5.41) is 3.20. The van der Waals surface area contributed by atoms with E-state index in [0.717, 1.165) is 23.4 Å². The minimum atomic E-state index is 0.563. The molecule has 0 radical (unpaired) electrons. The summed E-state index contributed by atoms with van der Waals surface area (Å²) in [7, 11) is 0. The molecule has 17 heavy (non-hydrogen) atoms. The van der Waals surface area contributed by atoms with Gasteiger partial charge in [-0.05, 0) is 25.2 Å². The number of piperidine rings is 1. The number of nitrogens with zero attached hydrogens (tertiary/aromatic N) is 2. The molecule has 0 saturated carbocycles. The Hall–Kier alpha value is -0.450. The molecule has 0 aromatic carbocycles. The Labute approximate surface area is 108 Å². The second-order valence-corrected chi connectivity index (χ2v) is 6.37. The third-order valence-corrected chi connectivity index (χ3v) is 4.78. The van der Waals surface area contributed by atoms with Gasteiger partial charge in [-0.2, -0.15) is 0 Å². The Morgan fingerprint density at radius 2 is 2.24 bits per heavy atom. The second-order valence-electron chi connectivity index (χ2n) is 5.42. The molecular formula is C13H23N3S. The Kier molecular flexibility index (Phi) is 4.17. The lowest BCUT2D eigenvalue weighted by molar-refractivity contribution is 0.0720. The van der Waals surface area contributed by atoms with Crippen LogP contribution in [0.15, 0.2) is 5.38 Å². The van der Waals surface area contributed by atoms with Crippen LogP contribution in [0.2, 0.25) is 0 Å². The molecule has 0 aliphatic carbocycles. The lowest BCUT2D eigenvalue weighted by Gasteiger charge is -2.40. The number of aromatic nitrogens is 1. The van der Waals surface area contributed by atoms with Crippen molar-refractivity contribution in [2.24, 2.45) is 17.6 Å². The van der Waals surface area contributed by atoms with Crippen LogP contribution in [-0.4, -0.2) is 22.5 Å². The summed E-state index contributed by atoms with van der Waals surface area (Å²) in [4.78, 5) is 7.12. The van der Waals surface area contributed by atoms with Gasteiger partial charge in [-0.1, -0.05) is 13.8 Å². The maximum Gasteiger partial charge on any atom is 0.106 e. The number of thiazole rings is 1. The summed E-state index contributed by atoms with van der Waals surface area (Å²) in [6.07, 6.45) is 1.35. The van der Waals surface area contributed by atoms with E-state index < -0.39 is 0 Å². The second kappa shape index (κ2) is 5.46. The SMILES string of the molecule is CC1CC(C)C(C)N(Cc2csc(CN)n2)C1. The largest absolute Gasteiger partial charge is 0.325 e. The van der Waals surface area contributed by atoms with Gasteiger partial charge in [0.15, 0.2) is 0 Å². The first-order valence-corrected chi connectivity index (χ1v) is 7.35. The molecule has 1 fully saturated rings. The highest BCUT2D eigenvalue weighted by Gasteiger charge is 2.28. The molecule has 3 unspecified atom stereocenters. The normalized spacial score (nSPS) is 30.7. The van der Waals surface area contributed by atoms with Gasteiger partial charge in [-0.25, -0.2) is 4.98 Å². The van der Waals surface area contributed by atoms with E-state index in [2.05, 4.69) is 36.0 Å². The van der Waals surface area contributed by atoms with Gasteiger partial charge in [-0.3, -0.25) is 4.90 Å². The van der Waals surface area contributed by atoms with E-state index in [-0.39, 0.29) is 0 Å². The Morgan fingerprint density at radius 1 is 1.47 bits per heavy atom. The van der Waals surface area contributed by atoms with Crippen molar-refractivity contribution in [1.29, 1.82) is 0 Å². The molecule has 1 aliphatic heterocycles. The molecule has 2 N–H and O–H groups in total. The van der Waals surface area contributed by atoms with Crippen molar-refractivity contribution in [3.8, 4) is 0 Å². The van der Waals surface area contributed by atoms with E-state index >= 15 is 0 Å². The molecule has 2 heterocycles. The summed E-state index contributed by atoms with van der Waals surface area (Å²) in [5.41, 5.74) is 6.79. The van der Waals surface area contributed by atoms with Gasteiger partial charge in [0.2, 0.25) is 0 Å². The van der Waals surface area contributed by atoms with Gasteiger partial charge < -0.3 is 5.73 Å². The third-order valence-electron chi connectivity index (χ3n) is 3.86. The first-order valence-electron chi connectivity index (χ1n) is 6.47. The molecule has 0 bridgehead atoms. The molecule has 1 aromatic heterocycles. The van der Waals surface area contributed by atoms with E-state index in [0.29, 0.717) is 12.6 Å². The van der Waals surface area contributed by atoms with Crippen molar-refractivity contribution in [1.82, 2.24) is 9.88 Å². The zero-order chi connectivity index (χ0) is 12.4. The topological polar surface area (TPSA) is 42.1 Å². The van der Waals surface area contributed by atoms with Crippen molar-refractivity contribution in [2.75, 3.05) is 6.54 Å². The Bertz CT molecular complexity index is 363. The molecule has 1 aliphatic rings. The summed E-state index contributed by atoms with van der Waals surface area (Å²) >= 11 is 1.68. The number of hydrogen-bond donors (Lipinski definition) is 1. The minimum absolute atomic E-state index is 0.563. The van der Waals surface area contributed by atoms with Gasteiger partial charge in [-0.15, -0.1) is 11.3 Å². The van der Waals surface area contributed by atoms with Crippen LogP contribution in [0, 0.1) is 11.8 Å². The summed E-state index contributed by atoms with van der Waals surface area (Å²) in [6, 6.07) is 0.661. The summed E-state index contributed by atoms with van der Waals surface area (Å²) in [6.45, 7) is 9.79. The number of hydrogen-bond acceptors (Lipinski definition) is 4. The predicted octanol–water partition coefficient (Wildman–Crippen LogP) is 2.47. The molecule has 3 atom stereocenters. The molecule has 0 spiro atoms. The zero-order valence-corrected chi connectivity index (χ0v) is 11.8. The van der Waals surface area contributed by atoms with Crippen molar-refractivity contribution in [3.05, 3.63) is 16.1 Å². The van der Waals surface area contributed by atoms with Crippen LogP contribution in [-0.2, 0) is 13.1 Å². The quantitative estimate of drug-likeness (QED) is 0.900. The molecule has 3 nitrogen and oxygen atoms in total. The van der Waals surface area contributed by atoms with Gasteiger partial charge in [0.25, 0.3) is 0 Å². The standard InChI is InChI=1S/C13H23N3S/c1-9-4-10(2)11(3)16(6-9)7-12-8-17-13(5-14)15-12/h8-11H,4-7,14H2,1-3H3. The van der Waals surface area contributed by atoms with Crippen LogP contribution >= 0.6 is 11.3 Å². The molecule has 2 rings (SSSR count). The van der Waals surface area contributed by atoms with E-state index in [1.807, 2.05) is 0 Å². The average molecular weight is 253 g/mol. The maximum atomic E-state index is 5.60. The third kappa shape index (κ3) is 3.06. The van der Waals surface area contributed by atoms with Crippen LogP contribution in [0.25, 0.3) is 0 Å². The monoisotopic (exact) mass is 253 g/mol. The smallest absolute Gasteiger partial charge is 0.106 e. The first kappa shape index (κ1) is 13.0. The van der Waals surface area contributed by atoms with E-state index in [1.54, 1.807) is 11.3 Å². The van der Waals surface area contributed by atoms with Crippen LogP contribution in [0.3, 0.4) is 0 Å². The van der Waals surface area contributed by atoms with Gasteiger partial charge in [0.1, 0.15) is 5.01 Å². The van der Waals surface area contributed by atoms with Gasteiger partial charge in [0, 0.05) is 31.1 Å². The molecule has 0 amide bonds. The number of likely N-dealkylation sites (tertiary alicyclic amines) is 1. The lowest BCUT2D eigenvalue weighted by Crippen LogP contribution is -2.45. The summed E-state index contributed by atoms with van der Waals surface area (Å²) in [5.74, 6) is 1.58. The van der Waals surface area contributed by atoms with E-state index in [1.165, 1.54) is 18.7 Å². The van der Waals surface area contributed by atoms with Crippen LogP contribution in [0.4, 0.5) is 0 Å². The zero-order valence-electron chi connectivity index (χ0n) is 11.0. The highest BCUT2D eigenvalue weighted by Crippen LogP contribution is 2.28. The molecule has 96 valence electrons. The lowest BCUT2D eigenvalue weighted by atomic mass is 9.86. The van der Waals surface area contributed by atoms with Crippen molar-refractivity contribution in [3.63, 3.8) is 0 Å². The van der Waals surface area contributed by atoms with Crippen molar-refractivity contribution in [2.45, 2.75) is 46.3 Å². The molecule has 4 heteroatoms. The number of rotatable bonds is 3. The van der Waals surface area contributed by atoms with Gasteiger partial charge in [0.05, 0.1) is 5.69 Å². The van der Waals surface area contributed by atoms with Crippen molar-refractivity contribution < 1.29 is 0 Å². The fourth-order valence-electron chi connectivity index (χ4n) is 2.76. The minimum Gasteiger partial charge on any atom is -0.325 e. The van der Waals surface area contributed by atoms with Crippen LogP contribution in [0.5, 0.6) is 0 Å². The molecular weight excluding hydrogens is 230 g/mol.